The van der Waals surface area contributed by atoms with Crippen LogP contribution in [0.3, 0.4) is 0 Å². The van der Waals surface area contributed by atoms with Gasteiger partial charge in [-0.15, -0.1) is 0 Å². The van der Waals surface area contributed by atoms with Gasteiger partial charge in [0.05, 0.1) is 18.2 Å². The first-order chi connectivity index (χ1) is 14.3. The average Bonchev–Trinajstić information content (AvgIpc) is 2.75. The van der Waals surface area contributed by atoms with E-state index in [0.717, 1.165) is 22.4 Å². The fourth-order valence-corrected chi connectivity index (χ4v) is 3.79. The Kier molecular flexibility index (Phi) is 6.77. The van der Waals surface area contributed by atoms with Crippen LogP contribution in [-0.2, 0) is 17.4 Å². The lowest BCUT2D eigenvalue weighted by Crippen LogP contribution is -2.38. The van der Waals surface area contributed by atoms with E-state index in [1.807, 2.05) is 49.4 Å². The quantitative estimate of drug-likeness (QED) is 0.567. The summed E-state index contributed by atoms with van der Waals surface area (Å²) in [6, 6.07) is 19.1. The van der Waals surface area contributed by atoms with Crippen LogP contribution in [0.5, 0.6) is 0 Å². The first-order valence-electron chi connectivity index (χ1n) is 9.94. The molecular formula is C24H25F3N2O. The van der Waals surface area contributed by atoms with Crippen LogP contribution in [-0.4, -0.2) is 23.9 Å². The van der Waals surface area contributed by atoms with E-state index in [0.29, 0.717) is 24.9 Å². The Morgan fingerprint density at radius 1 is 1.03 bits per heavy atom. The summed E-state index contributed by atoms with van der Waals surface area (Å²) in [7, 11) is 0. The SMILES string of the molecule is CC(c1cccc2ccccc12)N(CCCc1cccc(C(F)(F)F)c1)C(=O)CN. The number of alkyl halides is 3. The van der Waals surface area contributed by atoms with Crippen LogP contribution in [0.15, 0.2) is 66.7 Å². The molecule has 30 heavy (non-hydrogen) atoms. The third-order valence-electron chi connectivity index (χ3n) is 5.35. The van der Waals surface area contributed by atoms with Crippen LogP contribution < -0.4 is 5.73 Å². The lowest BCUT2D eigenvalue weighted by Gasteiger charge is -2.30. The van der Waals surface area contributed by atoms with Gasteiger partial charge in [0.1, 0.15) is 0 Å². The first kappa shape index (κ1) is 21.8. The predicted molar refractivity (Wildman–Crippen MR) is 113 cm³/mol. The minimum Gasteiger partial charge on any atom is -0.335 e. The number of carbonyl (C=O) groups excluding carboxylic acids is 1. The monoisotopic (exact) mass is 414 g/mol. The van der Waals surface area contributed by atoms with Gasteiger partial charge in [-0.3, -0.25) is 4.79 Å². The third kappa shape index (κ3) is 5.00. The van der Waals surface area contributed by atoms with E-state index in [1.54, 1.807) is 11.0 Å². The molecule has 0 aliphatic heterocycles. The van der Waals surface area contributed by atoms with Crippen molar-refractivity contribution < 1.29 is 18.0 Å². The zero-order chi connectivity index (χ0) is 21.7. The molecule has 3 rings (SSSR count). The van der Waals surface area contributed by atoms with Crippen molar-refractivity contribution in [2.24, 2.45) is 5.73 Å². The Morgan fingerprint density at radius 2 is 1.73 bits per heavy atom. The number of nitrogens with two attached hydrogens (primary N) is 1. The zero-order valence-corrected chi connectivity index (χ0v) is 16.8. The molecular weight excluding hydrogens is 389 g/mol. The summed E-state index contributed by atoms with van der Waals surface area (Å²) in [6.07, 6.45) is -3.37. The molecule has 0 aliphatic carbocycles. The maximum atomic E-state index is 12.9. The lowest BCUT2D eigenvalue weighted by atomic mass is 9.98. The van der Waals surface area contributed by atoms with Crippen LogP contribution in [0.1, 0.15) is 36.1 Å². The van der Waals surface area contributed by atoms with Crippen LogP contribution in [0.2, 0.25) is 0 Å². The first-order valence-corrected chi connectivity index (χ1v) is 9.94. The van der Waals surface area contributed by atoms with E-state index in [9.17, 15) is 18.0 Å². The summed E-state index contributed by atoms with van der Waals surface area (Å²) < 4.78 is 38.8. The molecule has 0 saturated carbocycles. The summed E-state index contributed by atoms with van der Waals surface area (Å²) in [4.78, 5) is 14.3. The second-order valence-corrected chi connectivity index (χ2v) is 7.34. The van der Waals surface area contributed by atoms with Gasteiger partial charge in [0.2, 0.25) is 5.91 Å². The molecule has 3 aromatic rings. The summed E-state index contributed by atoms with van der Waals surface area (Å²) in [5.74, 6) is -0.181. The molecule has 0 saturated heterocycles. The van der Waals surface area contributed by atoms with Crippen molar-refractivity contribution in [2.45, 2.75) is 32.0 Å². The molecule has 0 aliphatic rings. The number of fused-ring (bicyclic) bond motifs is 1. The highest BCUT2D eigenvalue weighted by molar-refractivity contribution is 5.87. The molecule has 0 bridgehead atoms. The van der Waals surface area contributed by atoms with Gasteiger partial charge in [0.15, 0.2) is 0 Å². The van der Waals surface area contributed by atoms with E-state index in [1.165, 1.54) is 12.1 Å². The smallest absolute Gasteiger partial charge is 0.335 e. The topological polar surface area (TPSA) is 46.3 Å². The summed E-state index contributed by atoms with van der Waals surface area (Å²) >= 11 is 0. The predicted octanol–water partition coefficient (Wildman–Crippen LogP) is 5.34. The number of aryl methyl sites for hydroxylation is 1. The maximum Gasteiger partial charge on any atom is 0.416 e. The minimum absolute atomic E-state index is 0.112. The number of rotatable bonds is 7. The standard InChI is InChI=1S/C24H25F3N2O/c1-17(21-13-5-10-19-9-2-3-12-22(19)21)29(23(30)16-28)14-6-8-18-7-4-11-20(15-18)24(25,26)27/h2-5,7,9-13,15,17H,6,8,14,16,28H2,1H3. The van der Waals surface area contributed by atoms with E-state index in [2.05, 4.69) is 0 Å². The Bertz CT molecular complexity index is 1010. The Balaban J connectivity index is 1.76. The molecule has 3 nitrogen and oxygen atoms in total. The molecule has 0 spiro atoms. The Hall–Kier alpha value is -2.86. The average molecular weight is 414 g/mol. The largest absolute Gasteiger partial charge is 0.416 e. The van der Waals surface area contributed by atoms with E-state index < -0.39 is 11.7 Å². The van der Waals surface area contributed by atoms with Crippen LogP contribution in [0, 0.1) is 0 Å². The van der Waals surface area contributed by atoms with Gasteiger partial charge in [-0.25, -0.2) is 0 Å². The molecule has 0 aromatic heterocycles. The minimum atomic E-state index is -4.36. The van der Waals surface area contributed by atoms with E-state index in [-0.39, 0.29) is 18.5 Å². The van der Waals surface area contributed by atoms with Crippen LogP contribution >= 0.6 is 0 Å². The van der Waals surface area contributed by atoms with Gasteiger partial charge < -0.3 is 10.6 Å². The Labute approximate surface area is 174 Å². The summed E-state index contributed by atoms with van der Waals surface area (Å²) in [6.45, 7) is 2.26. The fourth-order valence-electron chi connectivity index (χ4n) is 3.79. The van der Waals surface area contributed by atoms with Crippen molar-refractivity contribution in [3.05, 3.63) is 83.4 Å². The number of benzene rings is 3. The van der Waals surface area contributed by atoms with Crippen molar-refractivity contribution in [2.75, 3.05) is 13.1 Å². The van der Waals surface area contributed by atoms with Gasteiger partial charge in [0, 0.05) is 6.54 Å². The number of nitrogens with zero attached hydrogens (tertiary/aromatic N) is 1. The number of hydrogen-bond acceptors (Lipinski definition) is 2. The summed E-state index contributed by atoms with van der Waals surface area (Å²) in [5, 5.41) is 2.16. The fraction of sp³-hybridized carbons (Fsp3) is 0.292. The van der Waals surface area contributed by atoms with Crippen LogP contribution in [0.4, 0.5) is 13.2 Å². The van der Waals surface area contributed by atoms with Crippen LogP contribution in [0.25, 0.3) is 10.8 Å². The molecule has 1 unspecified atom stereocenters. The molecule has 6 heteroatoms. The highest BCUT2D eigenvalue weighted by Crippen LogP contribution is 2.30. The second kappa shape index (κ2) is 9.30. The number of carbonyl (C=O) groups is 1. The molecule has 0 fully saturated rings. The molecule has 1 amide bonds. The van der Waals surface area contributed by atoms with Gasteiger partial charge >= 0.3 is 6.18 Å². The normalized spacial score (nSPS) is 12.7. The number of amides is 1. The van der Waals surface area contributed by atoms with Crippen molar-refractivity contribution in [3.8, 4) is 0 Å². The zero-order valence-electron chi connectivity index (χ0n) is 16.8. The van der Waals surface area contributed by atoms with Crippen molar-refractivity contribution in [1.82, 2.24) is 4.90 Å². The molecule has 158 valence electrons. The van der Waals surface area contributed by atoms with Crippen molar-refractivity contribution >= 4 is 16.7 Å². The second-order valence-electron chi connectivity index (χ2n) is 7.34. The highest BCUT2D eigenvalue weighted by Gasteiger charge is 2.30. The molecule has 0 heterocycles. The molecule has 2 N–H and O–H groups in total. The number of halogens is 3. The molecule has 3 aromatic carbocycles. The van der Waals surface area contributed by atoms with Gasteiger partial charge in [-0.2, -0.15) is 13.2 Å². The van der Waals surface area contributed by atoms with E-state index >= 15 is 0 Å². The molecule has 1 atom stereocenters. The third-order valence-corrected chi connectivity index (χ3v) is 5.35. The maximum absolute atomic E-state index is 12.9. The highest BCUT2D eigenvalue weighted by atomic mass is 19.4. The molecule has 0 radical (unpaired) electrons. The van der Waals surface area contributed by atoms with Gasteiger partial charge in [-0.05, 0) is 47.7 Å². The van der Waals surface area contributed by atoms with Crippen molar-refractivity contribution in [1.29, 1.82) is 0 Å². The van der Waals surface area contributed by atoms with Gasteiger partial charge in [-0.1, -0.05) is 60.7 Å². The van der Waals surface area contributed by atoms with Crippen molar-refractivity contribution in [3.63, 3.8) is 0 Å². The number of hydrogen-bond donors (Lipinski definition) is 1. The van der Waals surface area contributed by atoms with E-state index in [4.69, 9.17) is 5.73 Å². The lowest BCUT2D eigenvalue weighted by molar-refractivity contribution is -0.137. The van der Waals surface area contributed by atoms with Gasteiger partial charge in [0.25, 0.3) is 0 Å². The Morgan fingerprint density at radius 3 is 2.47 bits per heavy atom. The summed E-state index contributed by atoms with van der Waals surface area (Å²) in [5.41, 5.74) is 6.60.